The molecule has 0 unspecified atom stereocenters. The van der Waals surface area contributed by atoms with Gasteiger partial charge in [-0.2, -0.15) is 0 Å². The number of hydrogen-bond acceptors (Lipinski definition) is 4. The quantitative estimate of drug-likeness (QED) is 0.708. The van der Waals surface area contributed by atoms with Crippen LogP contribution in [0.2, 0.25) is 0 Å². The summed E-state index contributed by atoms with van der Waals surface area (Å²) < 4.78 is 1.97. The number of para-hydroxylation sites is 1. The van der Waals surface area contributed by atoms with Crippen LogP contribution in [0.15, 0.2) is 49.6 Å². The van der Waals surface area contributed by atoms with E-state index in [1.807, 2.05) is 28.8 Å². The first-order valence-electron chi connectivity index (χ1n) is 7.21. The van der Waals surface area contributed by atoms with Crippen LogP contribution in [0.25, 0.3) is 21.9 Å². The van der Waals surface area contributed by atoms with E-state index >= 15 is 0 Å². The molecule has 6 nitrogen and oxygen atoms in total. The van der Waals surface area contributed by atoms with Crippen molar-refractivity contribution in [1.29, 1.82) is 0 Å². The highest BCUT2D eigenvalue weighted by atomic mass is 16.2. The fourth-order valence-electron chi connectivity index (χ4n) is 2.61. The van der Waals surface area contributed by atoms with Crippen LogP contribution in [0.5, 0.6) is 0 Å². The molecule has 1 amide bonds. The summed E-state index contributed by atoms with van der Waals surface area (Å²) in [6.07, 6.45) is 3.37. The van der Waals surface area contributed by atoms with Gasteiger partial charge in [-0.25, -0.2) is 9.97 Å². The summed E-state index contributed by atoms with van der Waals surface area (Å²) >= 11 is 0. The van der Waals surface area contributed by atoms with Crippen LogP contribution in [-0.4, -0.2) is 27.0 Å². The molecule has 6 heteroatoms. The van der Waals surface area contributed by atoms with E-state index in [2.05, 4.69) is 28.4 Å². The molecule has 0 saturated heterocycles. The molecule has 23 heavy (non-hydrogen) atoms. The molecule has 0 bridgehead atoms. The number of allylic oxidation sites excluding steroid dienone is 1. The van der Waals surface area contributed by atoms with Crippen LogP contribution in [0.3, 0.4) is 0 Å². The van der Waals surface area contributed by atoms with Gasteiger partial charge in [0.05, 0.1) is 10.9 Å². The third kappa shape index (κ3) is 2.44. The lowest BCUT2D eigenvalue weighted by Crippen LogP contribution is -2.26. The predicted molar refractivity (Wildman–Crippen MR) is 92.2 cm³/mol. The number of fused-ring (bicyclic) bond motifs is 3. The molecule has 0 spiro atoms. The van der Waals surface area contributed by atoms with Gasteiger partial charge < -0.3 is 15.6 Å². The van der Waals surface area contributed by atoms with E-state index < -0.39 is 0 Å². The van der Waals surface area contributed by atoms with Crippen LogP contribution < -0.4 is 11.1 Å². The van der Waals surface area contributed by atoms with Crippen molar-refractivity contribution in [3.8, 4) is 0 Å². The molecule has 2 heterocycles. The Balaban J connectivity index is 2.28. The molecule has 2 aromatic heterocycles. The monoisotopic (exact) mass is 307 g/mol. The topological polar surface area (TPSA) is 85.8 Å². The van der Waals surface area contributed by atoms with Gasteiger partial charge in [0.2, 0.25) is 5.82 Å². The number of aromatic nitrogens is 3. The Bertz CT molecular complexity index is 926. The summed E-state index contributed by atoms with van der Waals surface area (Å²) in [6.45, 7) is 8.26. The Morgan fingerprint density at radius 3 is 2.78 bits per heavy atom. The van der Waals surface area contributed by atoms with Gasteiger partial charge in [-0.05, 0) is 6.07 Å². The number of carbonyl (C=O) groups is 1. The van der Waals surface area contributed by atoms with Crippen molar-refractivity contribution in [2.75, 3.05) is 12.3 Å². The van der Waals surface area contributed by atoms with Gasteiger partial charge in [0.1, 0.15) is 11.5 Å². The van der Waals surface area contributed by atoms with Crippen molar-refractivity contribution in [3.63, 3.8) is 0 Å². The molecule has 0 radical (unpaired) electrons. The zero-order valence-corrected chi connectivity index (χ0v) is 12.6. The Labute approximate surface area is 133 Å². The Morgan fingerprint density at radius 2 is 2.04 bits per heavy atom. The maximum atomic E-state index is 12.1. The maximum absolute atomic E-state index is 12.1. The van der Waals surface area contributed by atoms with Crippen LogP contribution in [0.4, 0.5) is 5.82 Å². The third-order valence-electron chi connectivity index (χ3n) is 3.56. The fraction of sp³-hybridized carbons (Fsp3) is 0.118. The van der Waals surface area contributed by atoms with E-state index in [1.165, 1.54) is 0 Å². The lowest BCUT2D eigenvalue weighted by atomic mass is 10.2. The average Bonchev–Trinajstić information content (AvgIpc) is 2.88. The van der Waals surface area contributed by atoms with E-state index in [-0.39, 0.29) is 17.5 Å². The van der Waals surface area contributed by atoms with Gasteiger partial charge in [0.15, 0.2) is 0 Å². The number of carbonyl (C=O) groups excluding carboxylic acids is 1. The van der Waals surface area contributed by atoms with Crippen molar-refractivity contribution < 1.29 is 4.79 Å². The number of benzene rings is 1. The number of nitrogens with two attached hydrogens (primary N) is 1. The van der Waals surface area contributed by atoms with Gasteiger partial charge >= 0.3 is 0 Å². The van der Waals surface area contributed by atoms with Crippen LogP contribution >= 0.6 is 0 Å². The summed E-state index contributed by atoms with van der Waals surface area (Å²) in [4.78, 5) is 20.7. The number of amides is 1. The molecule has 0 aliphatic rings. The number of hydrogen-bond donors (Lipinski definition) is 2. The SMILES string of the molecule is C=CCNC(=O)c1nc(N)c2c3ccccc3n(CC=C)c2n1. The zero-order valence-electron chi connectivity index (χ0n) is 12.6. The number of nitrogens with zero attached hydrogens (tertiary/aromatic N) is 3. The fourth-order valence-corrected chi connectivity index (χ4v) is 2.61. The highest BCUT2D eigenvalue weighted by Crippen LogP contribution is 2.31. The smallest absolute Gasteiger partial charge is 0.289 e. The zero-order chi connectivity index (χ0) is 16.4. The number of nitrogen functional groups attached to an aromatic ring is 1. The molecule has 0 atom stereocenters. The maximum Gasteiger partial charge on any atom is 0.289 e. The van der Waals surface area contributed by atoms with Crippen molar-refractivity contribution in [2.45, 2.75) is 6.54 Å². The summed E-state index contributed by atoms with van der Waals surface area (Å²) in [6, 6.07) is 7.83. The van der Waals surface area contributed by atoms with Gasteiger partial charge in [0.25, 0.3) is 5.91 Å². The van der Waals surface area contributed by atoms with Gasteiger partial charge in [0, 0.05) is 18.5 Å². The number of rotatable bonds is 5. The molecule has 0 saturated carbocycles. The van der Waals surface area contributed by atoms with Gasteiger partial charge in [-0.3, -0.25) is 4.79 Å². The van der Waals surface area contributed by atoms with Crippen LogP contribution in [0, 0.1) is 0 Å². The van der Waals surface area contributed by atoms with Crippen LogP contribution in [0.1, 0.15) is 10.6 Å². The van der Waals surface area contributed by atoms with Crippen molar-refractivity contribution >= 4 is 33.7 Å². The molecule has 3 aromatic rings. The molecular weight excluding hydrogens is 290 g/mol. The molecule has 3 N–H and O–H groups in total. The minimum atomic E-state index is -0.381. The lowest BCUT2D eigenvalue weighted by Gasteiger charge is -2.06. The van der Waals surface area contributed by atoms with E-state index in [0.29, 0.717) is 18.7 Å². The second-order valence-electron chi connectivity index (χ2n) is 5.05. The molecule has 116 valence electrons. The van der Waals surface area contributed by atoms with Crippen LogP contribution in [-0.2, 0) is 6.54 Å². The van der Waals surface area contributed by atoms with E-state index in [4.69, 9.17) is 5.73 Å². The number of anilines is 1. The minimum absolute atomic E-state index is 0.0463. The first-order chi connectivity index (χ1) is 11.2. The standard InChI is InChI=1S/C17H17N5O/c1-3-9-19-17(23)15-20-14(18)13-11-7-5-6-8-12(11)22(10-4-2)16(13)21-15/h3-8H,1-2,9-10H2,(H,19,23)(H2,18,20,21). The van der Waals surface area contributed by atoms with Gasteiger partial charge in [-0.1, -0.05) is 30.4 Å². The third-order valence-corrected chi connectivity index (χ3v) is 3.56. The van der Waals surface area contributed by atoms with Crippen molar-refractivity contribution in [1.82, 2.24) is 19.9 Å². The molecular formula is C17H17N5O. The largest absolute Gasteiger partial charge is 0.383 e. The summed E-state index contributed by atoms with van der Waals surface area (Å²) in [5, 5.41) is 4.37. The average molecular weight is 307 g/mol. The summed E-state index contributed by atoms with van der Waals surface area (Å²) in [5.41, 5.74) is 7.71. The Morgan fingerprint density at radius 1 is 1.26 bits per heavy atom. The first-order valence-corrected chi connectivity index (χ1v) is 7.21. The second-order valence-corrected chi connectivity index (χ2v) is 5.05. The molecule has 0 fully saturated rings. The van der Waals surface area contributed by atoms with E-state index in [1.54, 1.807) is 12.2 Å². The predicted octanol–water partition coefficient (Wildman–Crippen LogP) is 2.27. The van der Waals surface area contributed by atoms with Gasteiger partial charge in [-0.15, -0.1) is 13.2 Å². The number of nitrogens with one attached hydrogen (secondary N) is 1. The molecule has 0 aliphatic carbocycles. The highest BCUT2D eigenvalue weighted by molar-refractivity contribution is 6.12. The van der Waals surface area contributed by atoms with Crippen molar-refractivity contribution in [3.05, 3.63) is 55.4 Å². The Kier molecular flexibility index (Phi) is 3.80. The lowest BCUT2D eigenvalue weighted by molar-refractivity contribution is 0.0948. The van der Waals surface area contributed by atoms with E-state index in [9.17, 15) is 4.79 Å². The Hall–Kier alpha value is -3.15. The summed E-state index contributed by atoms with van der Waals surface area (Å²) in [7, 11) is 0. The molecule has 1 aromatic carbocycles. The van der Waals surface area contributed by atoms with E-state index in [0.717, 1.165) is 16.3 Å². The summed E-state index contributed by atoms with van der Waals surface area (Å²) in [5.74, 6) is -0.0448. The minimum Gasteiger partial charge on any atom is -0.383 e. The molecule has 0 aliphatic heterocycles. The van der Waals surface area contributed by atoms with Crippen molar-refractivity contribution in [2.24, 2.45) is 0 Å². The highest BCUT2D eigenvalue weighted by Gasteiger charge is 2.18. The molecule has 3 rings (SSSR count). The first kappa shape index (κ1) is 14.8. The second kappa shape index (κ2) is 5.92. The normalized spacial score (nSPS) is 10.8.